The Labute approximate surface area is 176 Å². The first-order valence-electron chi connectivity index (χ1n) is 10.2. The van der Waals surface area contributed by atoms with Crippen molar-refractivity contribution in [3.05, 3.63) is 78.3 Å². The molecule has 3 aromatic rings. The number of para-hydroxylation sites is 3. The molecular weight excluding hydrogens is 380 g/mol. The molecule has 156 valence electrons. The summed E-state index contributed by atoms with van der Waals surface area (Å²) in [5.74, 6) is 1.97. The highest BCUT2D eigenvalue weighted by Crippen LogP contribution is 2.27. The number of methoxy groups -OCH3 is 1. The second-order valence-corrected chi connectivity index (χ2v) is 7.30. The van der Waals surface area contributed by atoms with Crippen molar-refractivity contribution in [3.63, 3.8) is 0 Å². The van der Waals surface area contributed by atoms with Crippen molar-refractivity contribution in [2.45, 2.75) is 25.5 Å². The highest BCUT2D eigenvalue weighted by molar-refractivity contribution is 5.91. The lowest BCUT2D eigenvalue weighted by molar-refractivity contribution is 0.0901. The van der Waals surface area contributed by atoms with E-state index in [0.717, 1.165) is 25.9 Å². The van der Waals surface area contributed by atoms with Crippen LogP contribution in [-0.4, -0.2) is 32.1 Å². The lowest BCUT2D eigenvalue weighted by Gasteiger charge is -2.34. The number of furan rings is 1. The van der Waals surface area contributed by atoms with Crippen LogP contribution in [0.25, 0.3) is 0 Å². The van der Waals surface area contributed by atoms with E-state index in [0.29, 0.717) is 23.0 Å². The number of nitrogens with zero attached hydrogens (tertiary/aromatic N) is 1. The normalized spacial score (nSPS) is 16.2. The number of nitrogens with one attached hydrogen (secondary N) is 1. The molecular formula is C24H26N2O4. The van der Waals surface area contributed by atoms with Crippen LogP contribution in [0, 0.1) is 0 Å². The molecule has 4 rings (SSSR count). The monoisotopic (exact) mass is 406 g/mol. The van der Waals surface area contributed by atoms with Crippen molar-refractivity contribution in [2.24, 2.45) is 0 Å². The lowest BCUT2D eigenvalue weighted by atomic mass is 10.0. The predicted molar refractivity (Wildman–Crippen MR) is 115 cm³/mol. The molecule has 0 bridgehead atoms. The third kappa shape index (κ3) is 4.76. The molecule has 6 nitrogen and oxygen atoms in total. The zero-order valence-electron chi connectivity index (χ0n) is 17.0. The number of carbonyl (C=O) groups excluding carboxylic acids is 1. The number of carbonyl (C=O) groups is 1. The molecule has 2 aromatic carbocycles. The van der Waals surface area contributed by atoms with Gasteiger partial charge in [-0.25, -0.2) is 0 Å². The van der Waals surface area contributed by atoms with Gasteiger partial charge in [0.15, 0.2) is 17.3 Å². The molecule has 6 heteroatoms. The Kier molecular flexibility index (Phi) is 6.23. The highest BCUT2D eigenvalue weighted by atomic mass is 16.5. The van der Waals surface area contributed by atoms with Crippen LogP contribution in [0.1, 0.15) is 29.2 Å². The number of rotatable bonds is 7. The predicted octanol–water partition coefficient (Wildman–Crippen LogP) is 4.27. The van der Waals surface area contributed by atoms with E-state index < -0.39 is 0 Å². The average molecular weight is 406 g/mol. The molecule has 0 aliphatic carbocycles. The van der Waals surface area contributed by atoms with Gasteiger partial charge in [0, 0.05) is 24.8 Å². The molecule has 30 heavy (non-hydrogen) atoms. The fraction of sp³-hybridized carbons (Fsp3) is 0.292. The van der Waals surface area contributed by atoms with Gasteiger partial charge in [-0.05, 0) is 49.2 Å². The molecule has 1 saturated heterocycles. The first-order valence-corrected chi connectivity index (χ1v) is 10.2. The van der Waals surface area contributed by atoms with Gasteiger partial charge in [-0.15, -0.1) is 0 Å². The van der Waals surface area contributed by atoms with Crippen molar-refractivity contribution in [3.8, 4) is 11.5 Å². The second-order valence-electron chi connectivity index (χ2n) is 7.30. The van der Waals surface area contributed by atoms with Crippen LogP contribution in [0.3, 0.4) is 0 Å². The smallest absolute Gasteiger partial charge is 0.287 e. The standard InChI is InChI=1S/C24H26N2O4/c1-28-21-11-5-6-12-22(21)29-17-20-13-14-23(30-20)24(27)25-18-8-7-15-26(16-18)19-9-3-2-4-10-19/h2-6,9-14,18H,7-8,15-17H2,1H3,(H,25,27). The van der Waals surface area contributed by atoms with Gasteiger partial charge in [0.1, 0.15) is 12.4 Å². The molecule has 1 amide bonds. The quantitative estimate of drug-likeness (QED) is 0.635. The van der Waals surface area contributed by atoms with Crippen LogP contribution in [0.15, 0.2) is 71.1 Å². The van der Waals surface area contributed by atoms with Gasteiger partial charge in [-0.2, -0.15) is 0 Å². The summed E-state index contributed by atoms with van der Waals surface area (Å²) in [4.78, 5) is 15.0. The minimum Gasteiger partial charge on any atom is -0.493 e. The van der Waals surface area contributed by atoms with E-state index in [-0.39, 0.29) is 18.6 Å². The number of anilines is 1. The molecule has 2 heterocycles. The first-order chi connectivity index (χ1) is 14.7. The van der Waals surface area contributed by atoms with Crippen molar-refractivity contribution >= 4 is 11.6 Å². The third-order valence-corrected chi connectivity index (χ3v) is 5.20. The Bertz CT molecular complexity index is 970. The van der Waals surface area contributed by atoms with E-state index in [1.54, 1.807) is 19.2 Å². The van der Waals surface area contributed by atoms with Gasteiger partial charge in [-0.3, -0.25) is 4.79 Å². The van der Waals surface area contributed by atoms with E-state index in [1.165, 1.54) is 5.69 Å². The molecule has 1 unspecified atom stereocenters. The summed E-state index contributed by atoms with van der Waals surface area (Å²) >= 11 is 0. The summed E-state index contributed by atoms with van der Waals surface area (Å²) in [5.41, 5.74) is 1.19. The number of amides is 1. The summed E-state index contributed by atoms with van der Waals surface area (Å²) in [6.07, 6.45) is 2.00. The molecule has 0 saturated carbocycles. The van der Waals surface area contributed by atoms with Crippen molar-refractivity contribution < 1.29 is 18.7 Å². The Morgan fingerprint density at radius 3 is 2.63 bits per heavy atom. The van der Waals surface area contributed by atoms with Gasteiger partial charge < -0.3 is 24.1 Å². The number of ether oxygens (including phenoxy) is 2. The van der Waals surface area contributed by atoms with Crippen LogP contribution >= 0.6 is 0 Å². The van der Waals surface area contributed by atoms with Crippen molar-refractivity contribution in [1.82, 2.24) is 5.32 Å². The molecule has 1 aliphatic rings. The SMILES string of the molecule is COc1ccccc1OCc1ccc(C(=O)NC2CCCN(c3ccccc3)C2)o1. The molecule has 1 aromatic heterocycles. The molecule has 0 spiro atoms. The fourth-order valence-electron chi connectivity index (χ4n) is 3.69. The van der Waals surface area contributed by atoms with E-state index in [1.807, 2.05) is 42.5 Å². The van der Waals surface area contributed by atoms with Crippen LogP contribution in [0.2, 0.25) is 0 Å². The lowest BCUT2D eigenvalue weighted by Crippen LogP contribution is -2.47. The van der Waals surface area contributed by atoms with E-state index in [2.05, 4.69) is 22.3 Å². The van der Waals surface area contributed by atoms with Crippen molar-refractivity contribution in [1.29, 1.82) is 0 Å². The second kappa shape index (κ2) is 9.39. The summed E-state index contributed by atoms with van der Waals surface area (Å²) in [5, 5.41) is 3.11. The average Bonchev–Trinajstić information content (AvgIpc) is 3.28. The van der Waals surface area contributed by atoms with E-state index in [9.17, 15) is 4.79 Å². The van der Waals surface area contributed by atoms with Crippen molar-refractivity contribution in [2.75, 3.05) is 25.1 Å². The van der Waals surface area contributed by atoms with Crippen LogP contribution in [0.5, 0.6) is 11.5 Å². The van der Waals surface area contributed by atoms with Gasteiger partial charge in [-0.1, -0.05) is 30.3 Å². The number of hydrogen-bond donors (Lipinski definition) is 1. The fourth-order valence-corrected chi connectivity index (χ4v) is 3.69. The number of hydrogen-bond acceptors (Lipinski definition) is 5. The Morgan fingerprint density at radius 1 is 1.07 bits per heavy atom. The zero-order chi connectivity index (χ0) is 20.8. The summed E-state index contributed by atoms with van der Waals surface area (Å²) in [6, 6.07) is 21.3. The summed E-state index contributed by atoms with van der Waals surface area (Å²) in [6.45, 7) is 2.01. The molecule has 1 aliphatic heterocycles. The molecule has 1 N–H and O–H groups in total. The minimum absolute atomic E-state index is 0.0878. The number of piperidine rings is 1. The number of benzene rings is 2. The Morgan fingerprint density at radius 2 is 1.83 bits per heavy atom. The van der Waals surface area contributed by atoms with E-state index >= 15 is 0 Å². The van der Waals surface area contributed by atoms with Gasteiger partial charge >= 0.3 is 0 Å². The van der Waals surface area contributed by atoms with Crippen LogP contribution in [-0.2, 0) is 6.61 Å². The largest absolute Gasteiger partial charge is 0.493 e. The van der Waals surface area contributed by atoms with Gasteiger partial charge in [0.05, 0.1) is 7.11 Å². The van der Waals surface area contributed by atoms with Crippen LogP contribution < -0.4 is 19.7 Å². The topological polar surface area (TPSA) is 63.9 Å². The molecule has 0 radical (unpaired) electrons. The summed E-state index contributed by atoms with van der Waals surface area (Å²) in [7, 11) is 1.60. The molecule has 1 fully saturated rings. The Hall–Kier alpha value is -3.41. The maximum atomic E-state index is 12.7. The minimum atomic E-state index is -0.196. The highest BCUT2D eigenvalue weighted by Gasteiger charge is 2.23. The van der Waals surface area contributed by atoms with Gasteiger partial charge in [0.25, 0.3) is 5.91 Å². The third-order valence-electron chi connectivity index (χ3n) is 5.20. The maximum absolute atomic E-state index is 12.7. The first kappa shape index (κ1) is 19.9. The Balaban J connectivity index is 1.32. The zero-order valence-corrected chi connectivity index (χ0v) is 17.0. The van der Waals surface area contributed by atoms with Crippen LogP contribution in [0.4, 0.5) is 5.69 Å². The van der Waals surface area contributed by atoms with E-state index in [4.69, 9.17) is 13.9 Å². The maximum Gasteiger partial charge on any atom is 0.287 e. The summed E-state index contributed by atoms with van der Waals surface area (Å²) < 4.78 is 16.7. The van der Waals surface area contributed by atoms with Gasteiger partial charge in [0.2, 0.25) is 0 Å². The molecule has 1 atom stereocenters.